The third-order valence-electron chi connectivity index (χ3n) is 5.98. The number of anilines is 1. The molecule has 34 heavy (non-hydrogen) atoms. The highest BCUT2D eigenvalue weighted by atomic mass is 35.5. The summed E-state index contributed by atoms with van der Waals surface area (Å²) in [6, 6.07) is 14.6. The van der Waals surface area contributed by atoms with Gasteiger partial charge >= 0.3 is 0 Å². The number of hydrogen-bond donors (Lipinski definition) is 0. The van der Waals surface area contributed by atoms with Gasteiger partial charge in [0.05, 0.1) is 5.02 Å². The lowest BCUT2D eigenvalue weighted by atomic mass is 10.0. The van der Waals surface area contributed by atoms with Gasteiger partial charge in [-0.05, 0) is 30.7 Å². The zero-order chi connectivity index (χ0) is 23.9. The Hall–Kier alpha value is -2.72. The summed E-state index contributed by atoms with van der Waals surface area (Å²) in [6.07, 6.45) is 2.17. The van der Waals surface area contributed by atoms with E-state index >= 15 is 0 Å². The van der Waals surface area contributed by atoms with Crippen molar-refractivity contribution in [3.8, 4) is 0 Å². The number of aromatic nitrogens is 4. The second kappa shape index (κ2) is 9.14. The van der Waals surface area contributed by atoms with Crippen molar-refractivity contribution in [2.75, 3.05) is 31.1 Å². The summed E-state index contributed by atoms with van der Waals surface area (Å²) in [5, 5.41) is 4.92. The molecule has 3 heterocycles. The zero-order valence-electron chi connectivity index (χ0n) is 18.4. The summed E-state index contributed by atoms with van der Waals surface area (Å²) < 4.78 is 29.7. The summed E-state index contributed by atoms with van der Waals surface area (Å²) in [5.74, 6) is 1.41. The van der Waals surface area contributed by atoms with E-state index in [2.05, 4.69) is 32.1 Å². The smallest absolute Gasteiger partial charge is 0.254 e. The average molecular weight is 517 g/mol. The minimum absolute atomic E-state index is 0.0650. The van der Waals surface area contributed by atoms with Crippen LogP contribution in [0.1, 0.15) is 16.8 Å². The number of nitrogens with zero attached hydrogens (tertiary/aromatic N) is 6. The Kier molecular flexibility index (Phi) is 6.20. The van der Waals surface area contributed by atoms with E-state index in [-0.39, 0.29) is 9.92 Å². The standard InChI is InChI=1S/C23H22Cl2N6O2S/c1-16-19(13-17-5-3-2-4-6-17)22(31-23(28-16)26-15-27-31)29-9-11-30(12-10-29)34(32,33)21-8-7-18(24)14-20(21)25/h2-8,14-15H,9-13H2,1H3. The predicted molar refractivity (Wildman–Crippen MR) is 132 cm³/mol. The molecule has 176 valence electrons. The van der Waals surface area contributed by atoms with E-state index in [1.54, 1.807) is 4.52 Å². The van der Waals surface area contributed by atoms with Gasteiger partial charge in [-0.25, -0.2) is 13.4 Å². The van der Waals surface area contributed by atoms with Gasteiger partial charge in [0.1, 0.15) is 17.0 Å². The third-order valence-corrected chi connectivity index (χ3v) is 8.60. The summed E-state index contributed by atoms with van der Waals surface area (Å²) in [5.41, 5.74) is 3.08. The Bertz CT molecular complexity index is 1450. The molecule has 2 aromatic heterocycles. The predicted octanol–water partition coefficient (Wildman–Crippen LogP) is 3.84. The first-order chi connectivity index (χ1) is 16.3. The van der Waals surface area contributed by atoms with Crippen LogP contribution in [0.25, 0.3) is 5.78 Å². The molecule has 1 aliphatic heterocycles. The van der Waals surface area contributed by atoms with E-state index in [4.69, 9.17) is 23.2 Å². The molecule has 1 fully saturated rings. The fraction of sp³-hybridized carbons (Fsp3) is 0.261. The molecule has 2 aromatic carbocycles. The highest BCUT2D eigenvalue weighted by molar-refractivity contribution is 7.89. The molecule has 0 bridgehead atoms. The topological polar surface area (TPSA) is 83.7 Å². The zero-order valence-corrected chi connectivity index (χ0v) is 20.7. The number of aryl methyl sites for hydroxylation is 1. The SMILES string of the molecule is Cc1nc2ncnn2c(N2CCN(S(=O)(=O)c3ccc(Cl)cc3Cl)CC2)c1Cc1ccccc1. The molecule has 0 saturated carbocycles. The van der Waals surface area contributed by atoms with Crippen LogP contribution in [-0.2, 0) is 16.4 Å². The lowest BCUT2D eigenvalue weighted by Gasteiger charge is -2.36. The van der Waals surface area contributed by atoms with E-state index in [0.29, 0.717) is 43.4 Å². The molecule has 4 aromatic rings. The molecule has 0 aliphatic carbocycles. The molecule has 0 radical (unpaired) electrons. The normalized spacial score (nSPS) is 15.2. The van der Waals surface area contributed by atoms with Gasteiger partial charge in [-0.15, -0.1) is 0 Å². The van der Waals surface area contributed by atoms with Crippen molar-refractivity contribution < 1.29 is 8.42 Å². The first kappa shape index (κ1) is 23.0. The summed E-state index contributed by atoms with van der Waals surface area (Å²) >= 11 is 12.1. The van der Waals surface area contributed by atoms with Gasteiger partial charge in [-0.1, -0.05) is 53.5 Å². The van der Waals surface area contributed by atoms with Gasteiger partial charge in [0.25, 0.3) is 5.78 Å². The lowest BCUT2D eigenvalue weighted by Crippen LogP contribution is -2.49. The third kappa shape index (κ3) is 4.24. The van der Waals surface area contributed by atoms with Crippen LogP contribution in [0.5, 0.6) is 0 Å². The summed E-state index contributed by atoms with van der Waals surface area (Å²) in [4.78, 5) is 11.1. The summed E-state index contributed by atoms with van der Waals surface area (Å²) in [6.45, 7) is 3.57. The molecule has 1 saturated heterocycles. The number of fused-ring (bicyclic) bond motifs is 1. The fourth-order valence-electron chi connectivity index (χ4n) is 4.26. The number of halogens is 2. The molecular formula is C23H22Cl2N6O2S. The quantitative estimate of drug-likeness (QED) is 0.400. The Morgan fingerprint density at radius 3 is 2.44 bits per heavy atom. The highest BCUT2D eigenvalue weighted by Crippen LogP contribution is 2.30. The average Bonchev–Trinajstić information content (AvgIpc) is 3.28. The van der Waals surface area contributed by atoms with Gasteiger partial charge in [-0.2, -0.15) is 18.9 Å². The largest absolute Gasteiger partial charge is 0.354 e. The monoisotopic (exact) mass is 516 g/mol. The van der Waals surface area contributed by atoms with E-state index in [0.717, 1.165) is 22.6 Å². The van der Waals surface area contributed by atoms with Gasteiger partial charge < -0.3 is 4.90 Å². The molecule has 0 amide bonds. The molecule has 0 atom stereocenters. The Balaban J connectivity index is 1.46. The van der Waals surface area contributed by atoms with Crippen LogP contribution in [0.4, 0.5) is 5.82 Å². The van der Waals surface area contributed by atoms with Crippen LogP contribution in [-0.4, -0.2) is 58.5 Å². The van der Waals surface area contributed by atoms with Gasteiger partial charge in [0.2, 0.25) is 10.0 Å². The number of hydrogen-bond acceptors (Lipinski definition) is 6. The molecule has 0 N–H and O–H groups in total. The Morgan fingerprint density at radius 2 is 1.74 bits per heavy atom. The van der Waals surface area contributed by atoms with Crippen molar-refractivity contribution in [1.82, 2.24) is 23.9 Å². The highest BCUT2D eigenvalue weighted by Gasteiger charge is 2.32. The van der Waals surface area contributed by atoms with Crippen LogP contribution in [0.15, 0.2) is 59.8 Å². The van der Waals surface area contributed by atoms with E-state index in [1.807, 2.05) is 25.1 Å². The minimum Gasteiger partial charge on any atom is -0.354 e. The maximum absolute atomic E-state index is 13.2. The van der Waals surface area contributed by atoms with Crippen molar-refractivity contribution in [3.63, 3.8) is 0 Å². The Morgan fingerprint density at radius 1 is 1.00 bits per heavy atom. The van der Waals surface area contributed by atoms with Crippen LogP contribution >= 0.6 is 23.2 Å². The lowest BCUT2D eigenvalue weighted by molar-refractivity contribution is 0.382. The number of rotatable bonds is 5. The fourth-order valence-corrected chi connectivity index (χ4v) is 6.43. The first-order valence-electron chi connectivity index (χ1n) is 10.8. The Labute approximate surface area is 207 Å². The molecule has 5 rings (SSSR count). The van der Waals surface area contributed by atoms with E-state index in [1.165, 1.54) is 28.8 Å². The van der Waals surface area contributed by atoms with Crippen molar-refractivity contribution in [2.45, 2.75) is 18.2 Å². The molecule has 0 spiro atoms. The second-order valence-electron chi connectivity index (χ2n) is 8.10. The van der Waals surface area contributed by atoms with Crippen molar-refractivity contribution in [3.05, 3.63) is 81.7 Å². The van der Waals surface area contributed by atoms with Crippen molar-refractivity contribution >= 4 is 44.8 Å². The molecule has 1 aliphatic rings. The van der Waals surface area contributed by atoms with Crippen LogP contribution in [0.3, 0.4) is 0 Å². The number of piperazine rings is 1. The van der Waals surface area contributed by atoms with Crippen LogP contribution in [0.2, 0.25) is 10.0 Å². The van der Waals surface area contributed by atoms with Crippen molar-refractivity contribution in [2.24, 2.45) is 0 Å². The van der Waals surface area contributed by atoms with Gasteiger partial charge in [0, 0.05) is 48.9 Å². The van der Waals surface area contributed by atoms with E-state index < -0.39 is 10.0 Å². The molecule has 0 unspecified atom stereocenters. The van der Waals surface area contributed by atoms with Crippen LogP contribution in [0, 0.1) is 6.92 Å². The number of sulfonamides is 1. The van der Waals surface area contributed by atoms with Gasteiger partial charge in [-0.3, -0.25) is 0 Å². The van der Waals surface area contributed by atoms with Gasteiger partial charge in [0.15, 0.2) is 0 Å². The molecule has 11 heteroatoms. The maximum Gasteiger partial charge on any atom is 0.254 e. The van der Waals surface area contributed by atoms with Crippen LogP contribution < -0.4 is 4.90 Å². The minimum atomic E-state index is -3.74. The summed E-state index contributed by atoms with van der Waals surface area (Å²) in [7, 11) is -3.74. The van der Waals surface area contributed by atoms with E-state index in [9.17, 15) is 8.42 Å². The first-order valence-corrected chi connectivity index (χ1v) is 13.0. The van der Waals surface area contributed by atoms with Crippen molar-refractivity contribution in [1.29, 1.82) is 0 Å². The molecular weight excluding hydrogens is 495 g/mol. The maximum atomic E-state index is 13.2. The number of benzene rings is 2. The molecule has 8 nitrogen and oxygen atoms in total. The second-order valence-corrected chi connectivity index (χ2v) is 10.8.